The van der Waals surface area contributed by atoms with Gasteiger partial charge in [0.15, 0.2) is 0 Å². The van der Waals surface area contributed by atoms with E-state index in [2.05, 4.69) is 34.0 Å². The third-order valence-electron chi connectivity index (χ3n) is 6.68. The molecule has 2 aliphatic rings. The van der Waals surface area contributed by atoms with Crippen molar-refractivity contribution in [1.82, 2.24) is 9.88 Å². The SMILES string of the molecule is CCCN(CCC)C(=O)C1=Cc2ccc(C(=O)Nc3ccc(N4CCC(N)CC4)nc3)cc2N=C(N)C1. The van der Waals surface area contributed by atoms with Crippen LogP contribution in [-0.2, 0) is 4.79 Å². The van der Waals surface area contributed by atoms with Gasteiger partial charge in [-0.15, -0.1) is 0 Å². The highest BCUT2D eigenvalue weighted by molar-refractivity contribution is 6.07. The van der Waals surface area contributed by atoms with Crippen molar-refractivity contribution in [2.75, 3.05) is 36.4 Å². The number of piperidine rings is 1. The number of aliphatic imine (C=N–C) groups is 1. The van der Waals surface area contributed by atoms with E-state index < -0.39 is 0 Å². The smallest absolute Gasteiger partial charge is 0.255 e. The Kier molecular flexibility index (Phi) is 8.55. The molecular formula is C28H37N7O2. The fourth-order valence-corrected chi connectivity index (χ4v) is 4.71. The number of amidine groups is 1. The fourth-order valence-electron chi connectivity index (χ4n) is 4.71. The van der Waals surface area contributed by atoms with Gasteiger partial charge in [-0.2, -0.15) is 0 Å². The van der Waals surface area contributed by atoms with Crippen LogP contribution in [0.5, 0.6) is 0 Å². The normalized spacial score (nSPS) is 15.8. The molecule has 0 saturated carbocycles. The van der Waals surface area contributed by atoms with Gasteiger partial charge < -0.3 is 26.6 Å². The lowest BCUT2D eigenvalue weighted by molar-refractivity contribution is -0.127. The number of fused-ring (bicyclic) bond motifs is 1. The Labute approximate surface area is 218 Å². The maximum atomic E-state index is 13.2. The Hall–Kier alpha value is -3.72. The molecule has 0 unspecified atom stereocenters. The molecule has 37 heavy (non-hydrogen) atoms. The summed E-state index contributed by atoms with van der Waals surface area (Å²) in [5.74, 6) is 0.951. The van der Waals surface area contributed by atoms with E-state index in [4.69, 9.17) is 11.5 Å². The van der Waals surface area contributed by atoms with Crippen LogP contribution in [0.15, 0.2) is 47.1 Å². The average Bonchev–Trinajstić information content (AvgIpc) is 3.06. The van der Waals surface area contributed by atoms with Gasteiger partial charge in [0, 0.05) is 55.3 Å². The zero-order valence-corrected chi connectivity index (χ0v) is 21.7. The summed E-state index contributed by atoms with van der Waals surface area (Å²) < 4.78 is 0. The molecule has 2 aromatic rings. The number of hydrogen-bond donors (Lipinski definition) is 3. The van der Waals surface area contributed by atoms with E-state index in [1.54, 1.807) is 18.3 Å². The number of pyridine rings is 1. The number of nitrogens with one attached hydrogen (secondary N) is 1. The highest BCUT2D eigenvalue weighted by atomic mass is 16.2. The summed E-state index contributed by atoms with van der Waals surface area (Å²) in [5, 5.41) is 2.90. The second-order valence-electron chi connectivity index (χ2n) is 9.70. The molecule has 1 saturated heterocycles. The van der Waals surface area contributed by atoms with Gasteiger partial charge >= 0.3 is 0 Å². The summed E-state index contributed by atoms with van der Waals surface area (Å²) in [4.78, 5) is 39.3. The predicted molar refractivity (Wildman–Crippen MR) is 149 cm³/mol. The van der Waals surface area contributed by atoms with Crippen LogP contribution in [0, 0.1) is 0 Å². The molecule has 5 N–H and O–H groups in total. The highest BCUT2D eigenvalue weighted by Gasteiger charge is 2.22. The van der Waals surface area contributed by atoms with Crippen LogP contribution in [0.3, 0.4) is 0 Å². The third kappa shape index (κ3) is 6.54. The van der Waals surface area contributed by atoms with Gasteiger partial charge in [-0.1, -0.05) is 19.9 Å². The van der Waals surface area contributed by atoms with Crippen molar-refractivity contribution >= 4 is 40.9 Å². The molecule has 196 valence electrons. The van der Waals surface area contributed by atoms with E-state index in [0.717, 1.165) is 50.2 Å². The van der Waals surface area contributed by atoms with Gasteiger partial charge in [0.1, 0.15) is 11.7 Å². The van der Waals surface area contributed by atoms with Gasteiger partial charge in [-0.05, 0) is 56.0 Å². The molecule has 0 spiro atoms. The van der Waals surface area contributed by atoms with Crippen LogP contribution in [0.4, 0.5) is 17.2 Å². The molecule has 1 fully saturated rings. The van der Waals surface area contributed by atoms with Crippen molar-refractivity contribution in [1.29, 1.82) is 0 Å². The number of benzene rings is 1. The molecule has 1 aromatic heterocycles. The number of aromatic nitrogens is 1. The monoisotopic (exact) mass is 503 g/mol. The van der Waals surface area contributed by atoms with Crippen molar-refractivity contribution in [2.24, 2.45) is 16.5 Å². The summed E-state index contributed by atoms with van der Waals surface area (Å²) in [6, 6.07) is 9.28. The maximum Gasteiger partial charge on any atom is 0.255 e. The van der Waals surface area contributed by atoms with Crippen molar-refractivity contribution < 1.29 is 9.59 Å². The summed E-state index contributed by atoms with van der Waals surface area (Å²) >= 11 is 0. The van der Waals surface area contributed by atoms with Crippen molar-refractivity contribution in [2.45, 2.75) is 52.0 Å². The number of amides is 2. The first-order valence-electron chi connectivity index (χ1n) is 13.1. The van der Waals surface area contributed by atoms with Crippen LogP contribution in [0.1, 0.15) is 61.9 Å². The first-order chi connectivity index (χ1) is 17.9. The van der Waals surface area contributed by atoms with Gasteiger partial charge in [0.05, 0.1) is 17.6 Å². The van der Waals surface area contributed by atoms with Gasteiger partial charge in [-0.3, -0.25) is 9.59 Å². The summed E-state index contributed by atoms with van der Waals surface area (Å²) in [6.45, 7) is 7.30. The summed E-state index contributed by atoms with van der Waals surface area (Å²) in [5.41, 5.74) is 15.2. The van der Waals surface area contributed by atoms with E-state index in [0.29, 0.717) is 41.4 Å². The third-order valence-corrected chi connectivity index (χ3v) is 6.68. The van der Waals surface area contributed by atoms with Crippen molar-refractivity contribution in [3.8, 4) is 0 Å². The summed E-state index contributed by atoms with van der Waals surface area (Å²) in [7, 11) is 0. The molecule has 1 aromatic carbocycles. The van der Waals surface area contributed by atoms with E-state index in [-0.39, 0.29) is 24.3 Å². The largest absolute Gasteiger partial charge is 0.387 e. The Morgan fingerprint density at radius 3 is 2.49 bits per heavy atom. The number of rotatable bonds is 8. The standard InChI is InChI=1S/C28H37N7O2/c1-3-11-35(12-4-2)28(37)21-15-19-5-6-20(16-24(19)33-25(30)17-21)27(36)32-23-7-8-26(31-18-23)34-13-9-22(29)10-14-34/h5-8,15-16,18,22H,3-4,9-14,17,29H2,1-2H3,(H2,30,33)(H,32,36). The zero-order valence-electron chi connectivity index (χ0n) is 21.7. The minimum atomic E-state index is -0.267. The van der Waals surface area contributed by atoms with Crippen molar-refractivity contribution in [3.05, 3.63) is 53.2 Å². The summed E-state index contributed by atoms with van der Waals surface area (Å²) in [6.07, 6.45) is 7.47. The van der Waals surface area contributed by atoms with Gasteiger partial charge in [0.2, 0.25) is 5.91 Å². The number of anilines is 2. The Balaban J connectivity index is 1.48. The lowest BCUT2D eigenvalue weighted by Crippen LogP contribution is -2.40. The highest BCUT2D eigenvalue weighted by Crippen LogP contribution is 2.29. The Bertz CT molecular complexity index is 1180. The van der Waals surface area contributed by atoms with Gasteiger partial charge in [-0.25, -0.2) is 9.98 Å². The maximum absolute atomic E-state index is 13.2. The molecule has 0 bridgehead atoms. The molecule has 3 heterocycles. The Morgan fingerprint density at radius 1 is 1.11 bits per heavy atom. The van der Waals surface area contributed by atoms with Crippen molar-refractivity contribution in [3.63, 3.8) is 0 Å². The molecule has 0 radical (unpaired) electrons. The number of hydrogen-bond acceptors (Lipinski definition) is 7. The number of nitrogens with zero attached hydrogens (tertiary/aromatic N) is 4. The predicted octanol–water partition coefficient (Wildman–Crippen LogP) is 3.69. The topological polar surface area (TPSA) is 130 Å². The number of carbonyl (C=O) groups excluding carboxylic acids is 2. The second-order valence-corrected chi connectivity index (χ2v) is 9.70. The molecule has 0 aliphatic carbocycles. The van der Waals surface area contributed by atoms with Crippen LogP contribution >= 0.6 is 0 Å². The van der Waals surface area contributed by atoms with E-state index in [1.807, 2.05) is 29.2 Å². The fraction of sp³-hybridized carbons (Fsp3) is 0.429. The lowest BCUT2D eigenvalue weighted by atomic mass is 10.0. The van der Waals surface area contributed by atoms with Crippen LogP contribution in [-0.4, -0.2) is 59.8 Å². The molecule has 9 heteroatoms. The minimum Gasteiger partial charge on any atom is -0.387 e. The first-order valence-corrected chi connectivity index (χ1v) is 13.1. The van der Waals surface area contributed by atoms with Crippen LogP contribution in [0.25, 0.3) is 6.08 Å². The first kappa shape index (κ1) is 26.3. The second kappa shape index (κ2) is 12.0. The van der Waals surface area contributed by atoms with Crippen LogP contribution in [0.2, 0.25) is 0 Å². The molecule has 0 atom stereocenters. The molecular weight excluding hydrogens is 466 g/mol. The van der Waals surface area contributed by atoms with E-state index in [1.165, 1.54) is 0 Å². The minimum absolute atomic E-state index is 0.0140. The molecule has 2 amide bonds. The van der Waals surface area contributed by atoms with Crippen LogP contribution < -0.4 is 21.7 Å². The quantitative estimate of drug-likeness (QED) is 0.504. The van der Waals surface area contributed by atoms with E-state index in [9.17, 15) is 9.59 Å². The van der Waals surface area contributed by atoms with Gasteiger partial charge in [0.25, 0.3) is 5.91 Å². The van der Waals surface area contributed by atoms with E-state index >= 15 is 0 Å². The number of nitrogens with two attached hydrogens (primary N) is 2. The molecule has 9 nitrogen and oxygen atoms in total. The lowest BCUT2D eigenvalue weighted by Gasteiger charge is -2.31. The molecule has 2 aliphatic heterocycles. The zero-order chi connectivity index (χ0) is 26.4. The molecule has 4 rings (SSSR count). The number of carbonyl (C=O) groups is 2. The average molecular weight is 504 g/mol. The Morgan fingerprint density at radius 2 is 1.84 bits per heavy atom.